The number of imide groups is 1. The summed E-state index contributed by atoms with van der Waals surface area (Å²) < 4.78 is 4.74. The number of carbonyl (C=O) groups is 4. The maximum absolute atomic E-state index is 11.5. The van der Waals surface area contributed by atoms with Crippen LogP contribution in [-0.4, -0.2) is 55.2 Å². The Bertz CT molecular complexity index is 407. The molecule has 0 aromatic carbocycles. The molecular formula is C11H17N3O6. The van der Waals surface area contributed by atoms with Gasteiger partial charge in [0, 0.05) is 25.8 Å². The van der Waals surface area contributed by atoms with Crippen molar-refractivity contribution < 1.29 is 29.0 Å². The molecule has 0 aliphatic rings. The number of methoxy groups -OCH3 is 1. The summed E-state index contributed by atoms with van der Waals surface area (Å²) in [5, 5.41) is 14.9. The van der Waals surface area contributed by atoms with Crippen LogP contribution in [-0.2, 0) is 19.1 Å². The summed E-state index contributed by atoms with van der Waals surface area (Å²) in [6.07, 6.45) is 1.27. The van der Waals surface area contributed by atoms with Gasteiger partial charge in [-0.1, -0.05) is 0 Å². The molecule has 112 valence electrons. The molecule has 0 aromatic rings. The molecule has 1 unspecified atom stereocenters. The van der Waals surface area contributed by atoms with E-state index < -0.39 is 29.9 Å². The van der Waals surface area contributed by atoms with Gasteiger partial charge in [0.1, 0.15) is 6.04 Å². The molecular weight excluding hydrogens is 270 g/mol. The topological polar surface area (TPSA) is 134 Å². The third-order valence-electron chi connectivity index (χ3n) is 1.96. The molecule has 0 heterocycles. The van der Waals surface area contributed by atoms with Gasteiger partial charge in [0.2, 0.25) is 5.91 Å². The third kappa shape index (κ3) is 8.64. The number of carboxylic acid groups (broad SMARTS) is 1. The zero-order chi connectivity index (χ0) is 15.5. The first-order chi connectivity index (χ1) is 9.36. The highest BCUT2D eigenvalue weighted by Crippen LogP contribution is 1.83. The molecule has 0 aliphatic heterocycles. The van der Waals surface area contributed by atoms with Crippen molar-refractivity contribution in [1.82, 2.24) is 16.0 Å². The van der Waals surface area contributed by atoms with Crippen LogP contribution in [0.15, 0.2) is 12.2 Å². The molecule has 0 aromatic heterocycles. The van der Waals surface area contributed by atoms with Gasteiger partial charge in [-0.15, -0.1) is 0 Å². The van der Waals surface area contributed by atoms with Gasteiger partial charge in [0.05, 0.1) is 6.61 Å². The van der Waals surface area contributed by atoms with Crippen molar-refractivity contribution in [3.05, 3.63) is 12.2 Å². The highest BCUT2D eigenvalue weighted by atomic mass is 16.5. The van der Waals surface area contributed by atoms with Crippen molar-refractivity contribution in [2.24, 2.45) is 0 Å². The van der Waals surface area contributed by atoms with Crippen LogP contribution in [0.1, 0.15) is 6.92 Å². The Kier molecular flexibility index (Phi) is 8.35. The van der Waals surface area contributed by atoms with Gasteiger partial charge in [0.25, 0.3) is 5.91 Å². The number of urea groups is 1. The first-order valence-electron chi connectivity index (χ1n) is 5.66. The Labute approximate surface area is 115 Å². The second-order valence-corrected chi connectivity index (χ2v) is 3.64. The van der Waals surface area contributed by atoms with Gasteiger partial charge in [-0.25, -0.2) is 9.59 Å². The molecule has 9 nitrogen and oxygen atoms in total. The molecule has 0 saturated carbocycles. The van der Waals surface area contributed by atoms with E-state index in [2.05, 4.69) is 10.6 Å². The molecule has 1 atom stereocenters. The number of ether oxygens (including phenoxy) is 1. The van der Waals surface area contributed by atoms with Gasteiger partial charge >= 0.3 is 12.0 Å². The summed E-state index contributed by atoms with van der Waals surface area (Å²) in [6.45, 7) is 2.06. The monoisotopic (exact) mass is 287 g/mol. The lowest BCUT2D eigenvalue weighted by Crippen LogP contribution is -2.49. The zero-order valence-electron chi connectivity index (χ0n) is 11.1. The van der Waals surface area contributed by atoms with E-state index in [1.165, 1.54) is 14.0 Å². The summed E-state index contributed by atoms with van der Waals surface area (Å²) in [6, 6.07) is -1.76. The summed E-state index contributed by atoms with van der Waals surface area (Å²) in [7, 11) is 1.48. The highest BCUT2D eigenvalue weighted by molar-refractivity contribution is 6.03. The minimum Gasteiger partial charge on any atom is -0.478 e. The number of nitrogens with one attached hydrogen (secondary N) is 3. The number of rotatable bonds is 7. The molecule has 0 rings (SSSR count). The number of carboxylic acids is 1. The molecule has 0 saturated heterocycles. The van der Waals surface area contributed by atoms with Crippen molar-refractivity contribution in [2.75, 3.05) is 20.3 Å². The predicted molar refractivity (Wildman–Crippen MR) is 67.8 cm³/mol. The van der Waals surface area contributed by atoms with E-state index in [0.29, 0.717) is 25.3 Å². The van der Waals surface area contributed by atoms with Crippen LogP contribution < -0.4 is 16.0 Å². The minimum atomic E-state index is -1.31. The first kappa shape index (κ1) is 17.6. The fourth-order valence-electron chi connectivity index (χ4n) is 1.03. The smallest absolute Gasteiger partial charge is 0.328 e. The van der Waals surface area contributed by atoms with Gasteiger partial charge in [0.15, 0.2) is 0 Å². The van der Waals surface area contributed by atoms with E-state index in [4.69, 9.17) is 9.84 Å². The number of carbonyl (C=O) groups excluding carboxylic acids is 3. The number of amides is 4. The predicted octanol–water partition coefficient (Wildman–Crippen LogP) is -1.40. The molecule has 9 heteroatoms. The van der Waals surface area contributed by atoms with Crippen LogP contribution in [0.25, 0.3) is 0 Å². The van der Waals surface area contributed by atoms with E-state index in [-0.39, 0.29) is 0 Å². The normalized spacial score (nSPS) is 11.7. The van der Waals surface area contributed by atoms with Crippen LogP contribution in [0.5, 0.6) is 0 Å². The summed E-state index contributed by atoms with van der Waals surface area (Å²) in [5.74, 6) is -2.66. The lowest BCUT2D eigenvalue weighted by atomic mass is 10.3. The Hall–Kier alpha value is -2.42. The molecule has 20 heavy (non-hydrogen) atoms. The summed E-state index contributed by atoms with van der Waals surface area (Å²) in [5.41, 5.74) is 0. The Morgan fingerprint density at radius 1 is 1.25 bits per heavy atom. The van der Waals surface area contributed by atoms with Crippen LogP contribution in [0.3, 0.4) is 0 Å². The van der Waals surface area contributed by atoms with Crippen molar-refractivity contribution in [2.45, 2.75) is 13.0 Å². The molecule has 0 fully saturated rings. The SMILES string of the molecule is COCCNC(=O)C(C)NC(=O)NC(=O)/C=C/C(=O)O. The van der Waals surface area contributed by atoms with Crippen LogP contribution >= 0.6 is 0 Å². The van der Waals surface area contributed by atoms with Gasteiger partial charge in [-0.3, -0.25) is 14.9 Å². The number of hydrogen-bond donors (Lipinski definition) is 4. The Balaban J connectivity index is 4.09. The second-order valence-electron chi connectivity index (χ2n) is 3.64. The van der Waals surface area contributed by atoms with Crippen LogP contribution in [0.2, 0.25) is 0 Å². The van der Waals surface area contributed by atoms with Gasteiger partial charge in [-0.05, 0) is 6.92 Å². The third-order valence-corrected chi connectivity index (χ3v) is 1.96. The number of hydrogen-bond acceptors (Lipinski definition) is 5. The zero-order valence-corrected chi connectivity index (χ0v) is 11.1. The summed E-state index contributed by atoms with van der Waals surface area (Å²) >= 11 is 0. The molecule has 4 N–H and O–H groups in total. The fourth-order valence-corrected chi connectivity index (χ4v) is 1.03. The van der Waals surface area contributed by atoms with E-state index in [0.717, 1.165) is 0 Å². The van der Waals surface area contributed by atoms with Crippen molar-refractivity contribution in [3.8, 4) is 0 Å². The van der Waals surface area contributed by atoms with Crippen molar-refractivity contribution in [1.29, 1.82) is 0 Å². The van der Waals surface area contributed by atoms with Crippen LogP contribution in [0.4, 0.5) is 4.79 Å². The molecule has 0 aliphatic carbocycles. The quantitative estimate of drug-likeness (QED) is 0.336. The molecule has 0 bridgehead atoms. The largest absolute Gasteiger partial charge is 0.478 e. The second kappa shape index (κ2) is 9.50. The minimum absolute atomic E-state index is 0.295. The Morgan fingerprint density at radius 3 is 2.45 bits per heavy atom. The fraction of sp³-hybridized carbons (Fsp3) is 0.455. The molecule has 0 spiro atoms. The maximum atomic E-state index is 11.5. The lowest BCUT2D eigenvalue weighted by Gasteiger charge is -2.13. The first-order valence-corrected chi connectivity index (χ1v) is 5.66. The van der Waals surface area contributed by atoms with Crippen molar-refractivity contribution >= 4 is 23.8 Å². The average molecular weight is 287 g/mol. The Morgan fingerprint density at radius 2 is 1.90 bits per heavy atom. The molecule has 0 radical (unpaired) electrons. The lowest BCUT2D eigenvalue weighted by molar-refractivity contribution is -0.131. The van der Waals surface area contributed by atoms with Crippen molar-refractivity contribution in [3.63, 3.8) is 0 Å². The maximum Gasteiger partial charge on any atom is 0.328 e. The van der Waals surface area contributed by atoms with E-state index in [1.807, 2.05) is 5.32 Å². The standard InChI is InChI=1S/C11H17N3O6/c1-7(10(18)12-5-6-20-2)13-11(19)14-8(15)3-4-9(16)17/h3-4,7H,5-6H2,1-2H3,(H,12,18)(H,16,17)(H2,13,14,15,19)/b4-3+. The van der Waals surface area contributed by atoms with Gasteiger partial charge in [-0.2, -0.15) is 0 Å². The van der Waals surface area contributed by atoms with E-state index >= 15 is 0 Å². The summed E-state index contributed by atoms with van der Waals surface area (Å²) in [4.78, 5) is 44.0. The van der Waals surface area contributed by atoms with E-state index in [9.17, 15) is 19.2 Å². The highest BCUT2D eigenvalue weighted by Gasteiger charge is 2.15. The number of aliphatic carboxylic acids is 1. The average Bonchev–Trinajstić information content (AvgIpc) is 2.36. The molecule has 4 amide bonds. The van der Waals surface area contributed by atoms with E-state index in [1.54, 1.807) is 0 Å². The van der Waals surface area contributed by atoms with Gasteiger partial charge < -0.3 is 20.5 Å². The van der Waals surface area contributed by atoms with Crippen LogP contribution in [0, 0.1) is 0 Å².